The van der Waals surface area contributed by atoms with Crippen LogP contribution in [0.3, 0.4) is 0 Å². The van der Waals surface area contributed by atoms with Gasteiger partial charge in [0.2, 0.25) is 0 Å². The molecule has 0 saturated carbocycles. The highest BCUT2D eigenvalue weighted by atomic mass is 35.5. The number of thiophene rings is 1. The number of hydrogen-bond donors (Lipinski definition) is 0. The number of thiazole rings is 1. The lowest BCUT2D eigenvalue weighted by Gasteiger charge is -2.05. The number of rotatable bonds is 5. The first-order valence-corrected chi connectivity index (χ1v) is 9.41. The highest BCUT2D eigenvalue weighted by molar-refractivity contribution is 7.19. The number of aromatic nitrogens is 1. The zero-order chi connectivity index (χ0) is 16.2. The number of benzene rings is 1. The van der Waals surface area contributed by atoms with Crippen LogP contribution < -0.4 is 9.54 Å². The number of ether oxygens (including phenoxy) is 1. The summed E-state index contributed by atoms with van der Waals surface area (Å²) < 4.78 is 8.26. The minimum atomic E-state index is 0.808. The van der Waals surface area contributed by atoms with Crippen LogP contribution in [0.15, 0.2) is 46.8 Å². The molecule has 2 heterocycles. The average Bonchev–Trinajstić information content (AvgIpc) is 3.15. The molecule has 0 spiro atoms. The van der Waals surface area contributed by atoms with Crippen molar-refractivity contribution in [2.75, 3.05) is 7.11 Å². The Labute approximate surface area is 148 Å². The van der Waals surface area contributed by atoms with Gasteiger partial charge in [-0.3, -0.25) is 0 Å². The lowest BCUT2D eigenvalue weighted by Crippen LogP contribution is -2.15. The second kappa shape index (κ2) is 7.34. The molecule has 6 heteroatoms. The topological polar surface area (TPSA) is 26.5 Å². The van der Waals surface area contributed by atoms with Gasteiger partial charge in [0.05, 0.1) is 27.7 Å². The normalized spacial score (nSPS) is 11.9. The Morgan fingerprint density at radius 3 is 2.57 bits per heavy atom. The van der Waals surface area contributed by atoms with Crippen molar-refractivity contribution in [3.63, 3.8) is 0 Å². The number of halogens is 1. The molecule has 0 atom stereocenters. The van der Waals surface area contributed by atoms with E-state index >= 15 is 0 Å². The van der Waals surface area contributed by atoms with E-state index in [2.05, 4.69) is 22.9 Å². The Morgan fingerprint density at radius 2 is 1.96 bits per heavy atom. The van der Waals surface area contributed by atoms with Gasteiger partial charge in [-0.1, -0.05) is 18.5 Å². The van der Waals surface area contributed by atoms with Gasteiger partial charge in [-0.25, -0.2) is 4.99 Å². The molecule has 23 heavy (non-hydrogen) atoms. The van der Waals surface area contributed by atoms with Crippen LogP contribution in [0.5, 0.6) is 5.75 Å². The summed E-state index contributed by atoms with van der Waals surface area (Å²) in [6, 6.07) is 11.8. The molecule has 3 aromatic rings. The molecular formula is C17H17ClN2OS2. The molecule has 120 valence electrons. The third kappa shape index (κ3) is 3.68. The van der Waals surface area contributed by atoms with Gasteiger partial charge in [0.25, 0.3) is 0 Å². The highest BCUT2D eigenvalue weighted by Gasteiger charge is 2.09. The van der Waals surface area contributed by atoms with Gasteiger partial charge in [-0.15, -0.1) is 22.7 Å². The van der Waals surface area contributed by atoms with Crippen molar-refractivity contribution >= 4 is 40.0 Å². The minimum Gasteiger partial charge on any atom is -0.497 e. The summed E-state index contributed by atoms with van der Waals surface area (Å²) in [4.78, 5) is 6.96. The minimum absolute atomic E-state index is 0.808. The Morgan fingerprint density at radius 1 is 1.17 bits per heavy atom. The van der Waals surface area contributed by atoms with E-state index in [4.69, 9.17) is 21.3 Å². The molecule has 3 rings (SSSR count). The van der Waals surface area contributed by atoms with Crippen molar-refractivity contribution in [2.24, 2.45) is 4.99 Å². The Hall–Kier alpha value is -1.56. The van der Waals surface area contributed by atoms with Crippen LogP contribution in [0.2, 0.25) is 4.34 Å². The first-order chi connectivity index (χ1) is 11.2. The average molecular weight is 365 g/mol. The molecule has 0 N–H and O–H groups in total. The number of nitrogens with zero attached hydrogens (tertiary/aromatic N) is 2. The summed E-state index contributed by atoms with van der Waals surface area (Å²) in [5.74, 6) is 0.838. The summed E-state index contributed by atoms with van der Waals surface area (Å²) in [6.07, 6.45) is 1.05. The van der Waals surface area contributed by atoms with E-state index in [1.165, 1.54) is 10.6 Å². The highest BCUT2D eigenvalue weighted by Crippen LogP contribution is 2.31. The van der Waals surface area contributed by atoms with Crippen LogP contribution in [0, 0.1) is 0 Å². The zero-order valence-electron chi connectivity index (χ0n) is 13.0. The monoisotopic (exact) mass is 364 g/mol. The van der Waals surface area contributed by atoms with Gasteiger partial charge in [-0.2, -0.15) is 0 Å². The molecule has 2 aromatic heterocycles. The second-order valence-corrected chi connectivity index (χ2v) is 7.52. The van der Waals surface area contributed by atoms with Crippen molar-refractivity contribution < 1.29 is 4.74 Å². The van der Waals surface area contributed by atoms with Crippen LogP contribution in [0.25, 0.3) is 10.6 Å². The summed E-state index contributed by atoms with van der Waals surface area (Å²) >= 11 is 9.33. The maximum Gasteiger partial charge on any atom is 0.190 e. The maximum absolute atomic E-state index is 6.08. The van der Waals surface area contributed by atoms with Crippen molar-refractivity contribution in [3.05, 3.63) is 50.9 Å². The SMILES string of the molecule is CCCn1c(-c2ccc(Cl)s2)csc1=Nc1ccc(OC)cc1. The fourth-order valence-corrected chi connectivity index (χ4v) is 4.36. The summed E-state index contributed by atoms with van der Waals surface area (Å²) in [6.45, 7) is 3.11. The van der Waals surface area contributed by atoms with Crippen molar-refractivity contribution in [3.8, 4) is 16.3 Å². The second-order valence-electron chi connectivity index (χ2n) is 4.97. The molecule has 0 aliphatic carbocycles. The summed E-state index contributed by atoms with van der Waals surface area (Å²) in [5.41, 5.74) is 2.11. The molecule has 0 aliphatic heterocycles. The standard InChI is InChI=1S/C17H17ClN2OS2/c1-3-10-20-14(15-8-9-16(18)23-15)11-22-17(20)19-12-4-6-13(21-2)7-5-12/h4-9,11H,3,10H2,1-2H3. The molecule has 0 amide bonds. The van der Waals surface area contributed by atoms with Crippen LogP contribution in [-0.2, 0) is 6.54 Å². The van der Waals surface area contributed by atoms with E-state index in [0.29, 0.717) is 0 Å². The quantitative estimate of drug-likeness (QED) is 0.580. The Balaban J connectivity index is 2.04. The van der Waals surface area contributed by atoms with Crippen LogP contribution >= 0.6 is 34.3 Å². The number of hydrogen-bond acceptors (Lipinski definition) is 4. The van der Waals surface area contributed by atoms with Crippen LogP contribution in [-0.4, -0.2) is 11.7 Å². The first kappa shape index (κ1) is 16.3. The van der Waals surface area contributed by atoms with Gasteiger partial charge in [0.1, 0.15) is 5.75 Å². The number of methoxy groups -OCH3 is 1. The van der Waals surface area contributed by atoms with Gasteiger partial charge in [0, 0.05) is 11.9 Å². The molecule has 0 fully saturated rings. The molecule has 1 aromatic carbocycles. The molecular weight excluding hydrogens is 348 g/mol. The van der Waals surface area contributed by atoms with Crippen LogP contribution in [0.1, 0.15) is 13.3 Å². The molecule has 0 saturated heterocycles. The molecule has 0 unspecified atom stereocenters. The fourth-order valence-electron chi connectivity index (χ4n) is 2.28. The van der Waals surface area contributed by atoms with Crippen molar-refractivity contribution in [1.29, 1.82) is 0 Å². The predicted molar refractivity (Wildman–Crippen MR) is 99.1 cm³/mol. The molecule has 0 radical (unpaired) electrons. The zero-order valence-corrected chi connectivity index (χ0v) is 15.3. The fraction of sp³-hybridized carbons (Fsp3) is 0.235. The van der Waals surface area contributed by atoms with E-state index in [9.17, 15) is 0 Å². The van der Waals surface area contributed by atoms with Crippen molar-refractivity contribution in [2.45, 2.75) is 19.9 Å². The van der Waals surface area contributed by atoms with E-state index in [1.54, 1.807) is 29.8 Å². The molecule has 0 aliphatic rings. The Bertz CT molecular complexity index is 846. The van der Waals surface area contributed by atoms with Crippen LogP contribution in [0.4, 0.5) is 5.69 Å². The molecule has 3 nitrogen and oxygen atoms in total. The van der Waals surface area contributed by atoms with E-state index in [1.807, 2.05) is 30.3 Å². The van der Waals surface area contributed by atoms with E-state index in [-0.39, 0.29) is 0 Å². The third-order valence-electron chi connectivity index (χ3n) is 3.37. The van der Waals surface area contributed by atoms with Gasteiger partial charge in [0.15, 0.2) is 4.80 Å². The summed E-state index contributed by atoms with van der Waals surface area (Å²) in [5, 5.41) is 2.15. The van der Waals surface area contributed by atoms with Gasteiger partial charge < -0.3 is 9.30 Å². The van der Waals surface area contributed by atoms with Crippen molar-refractivity contribution in [1.82, 2.24) is 4.57 Å². The maximum atomic E-state index is 6.08. The lowest BCUT2D eigenvalue weighted by molar-refractivity contribution is 0.415. The van der Waals surface area contributed by atoms with Gasteiger partial charge in [-0.05, 0) is 42.8 Å². The smallest absolute Gasteiger partial charge is 0.190 e. The lowest BCUT2D eigenvalue weighted by atomic mass is 10.3. The van der Waals surface area contributed by atoms with Gasteiger partial charge >= 0.3 is 0 Å². The van der Waals surface area contributed by atoms with E-state index < -0.39 is 0 Å². The first-order valence-electron chi connectivity index (χ1n) is 7.34. The third-order valence-corrected chi connectivity index (χ3v) is 5.48. The molecule has 0 bridgehead atoms. The Kier molecular flexibility index (Phi) is 5.20. The van der Waals surface area contributed by atoms with E-state index in [0.717, 1.165) is 33.5 Å². The largest absolute Gasteiger partial charge is 0.497 e. The summed E-state index contributed by atoms with van der Waals surface area (Å²) in [7, 11) is 1.67. The predicted octanol–water partition coefficient (Wildman–Crippen LogP) is 5.58.